The van der Waals surface area contributed by atoms with Crippen molar-refractivity contribution in [2.75, 3.05) is 19.6 Å². The van der Waals surface area contributed by atoms with E-state index in [-0.39, 0.29) is 36.1 Å². The van der Waals surface area contributed by atoms with Crippen molar-refractivity contribution in [3.63, 3.8) is 0 Å². The van der Waals surface area contributed by atoms with Crippen LogP contribution in [0.5, 0.6) is 0 Å². The molecule has 158 valence electrons. The lowest BCUT2D eigenvalue weighted by atomic mass is 10.0. The SMILES string of the molecule is Cn1cc(C(=O)NC2CCN(C(=O)C3CC(=O)N(Cc4ccccc4)C3)CC2)cn1. The fourth-order valence-electron chi connectivity index (χ4n) is 4.20. The van der Waals surface area contributed by atoms with E-state index in [9.17, 15) is 14.4 Å². The molecule has 0 spiro atoms. The number of rotatable bonds is 5. The van der Waals surface area contributed by atoms with Crippen LogP contribution >= 0.6 is 0 Å². The molecule has 2 saturated heterocycles. The monoisotopic (exact) mass is 409 g/mol. The van der Waals surface area contributed by atoms with E-state index >= 15 is 0 Å². The normalized spacial score (nSPS) is 19.9. The highest BCUT2D eigenvalue weighted by atomic mass is 16.2. The Morgan fingerprint density at radius 2 is 1.90 bits per heavy atom. The lowest BCUT2D eigenvalue weighted by Crippen LogP contribution is -2.48. The van der Waals surface area contributed by atoms with Gasteiger partial charge in [-0.05, 0) is 18.4 Å². The number of piperidine rings is 1. The number of nitrogens with one attached hydrogen (secondary N) is 1. The van der Waals surface area contributed by atoms with Crippen molar-refractivity contribution >= 4 is 17.7 Å². The lowest BCUT2D eigenvalue weighted by Gasteiger charge is -2.33. The first-order chi connectivity index (χ1) is 14.5. The minimum Gasteiger partial charge on any atom is -0.349 e. The molecule has 2 aliphatic heterocycles. The molecule has 2 aromatic rings. The van der Waals surface area contributed by atoms with Crippen molar-refractivity contribution in [3.05, 3.63) is 53.9 Å². The molecule has 0 aliphatic carbocycles. The maximum Gasteiger partial charge on any atom is 0.254 e. The Labute approximate surface area is 175 Å². The second kappa shape index (κ2) is 8.69. The van der Waals surface area contributed by atoms with Crippen molar-refractivity contribution in [1.82, 2.24) is 24.9 Å². The standard InChI is InChI=1S/C22H27N5O3/c1-25-14-18(12-23-25)21(29)24-19-7-9-26(10-8-19)22(30)17-11-20(28)27(15-17)13-16-5-3-2-4-6-16/h2-6,12,14,17,19H,7-11,13,15H2,1H3,(H,24,29). The zero-order valence-corrected chi connectivity index (χ0v) is 17.2. The molecule has 8 nitrogen and oxygen atoms in total. The Hall–Kier alpha value is -3.16. The Kier molecular flexibility index (Phi) is 5.83. The molecule has 2 fully saturated rings. The molecule has 1 unspecified atom stereocenters. The van der Waals surface area contributed by atoms with Crippen molar-refractivity contribution in [1.29, 1.82) is 0 Å². The molecule has 0 saturated carbocycles. The van der Waals surface area contributed by atoms with Gasteiger partial charge in [-0.3, -0.25) is 19.1 Å². The van der Waals surface area contributed by atoms with Crippen LogP contribution in [0.25, 0.3) is 0 Å². The molecule has 3 amide bonds. The number of hydrogen-bond acceptors (Lipinski definition) is 4. The maximum absolute atomic E-state index is 12.9. The Bertz CT molecular complexity index is 918. The molecular weight excluding hydrogens is 382 g/mol. The number of likely N-dealkylation sites (tertiary alicyclic amines) is 2. The van der Waals surface area contributed by atoms with Gasteiger partial charge in [0.25, 0.3) is 5.91 Å². The molecule has 1 N–H and O–H groups in total. The van der Waals surface area contributed by atoms with E-state index in [4.69, 9.17) is 0 Å². The number of benzene rings is 1. The summed E-state index contributed by atoms with van der Waals surface area (Å²) >= 11 is 0. The highest BCUT2D eigenvalue weighted by molar-refractivity contribution is 5.94. The third-order valence-electron chi connectivity index (χ3n) is 5.89. The number of carbonyl (C=O) groups is 3. The van der Waals surface area contributed by atoms with Crippen LogP contribution in [0.3, 0.4) is 0 Å². The van der Waals surface area contributed by atoms with Gasteiger partial charge in [0.05, 0.1) is 17.7 Å². The van der Waals surface area contributed by atoms with Crippen molar-refractivity contribution in [2.45, 2.75) is 31.8 Å². The molecular formula is C22H27N5O3. The zero-order valence-electron chi connectivity index (χ0n) is 17.2. The van der Waals surface area contributed by atoms with Gasteiger partial charge in [-0.1, -0.05) is 30.3 Å². The van der Waals surface area contributed by atoms with Gasteiger partial charge in [-0.2, -0.15) is 5.10 Å². The number of hydrogen-bond donors (Lipinski definition) is 1. The van der Waals surface area contributed by atoms with Gasteiger partial charge in [-0.15, -0.1) is 0 Å². The van der Waals surface area contributed by atoms with E-state index in [0.29, 0.717) is 44.6 Å². The van der Waals surface area contributed by atoms with Crippen LogP contribution in [0, 0.1) is 5.92 Å². The smallest absolute Gasteiger partial charge is 0.254 e. The second-order valence-electron chi connectivity index (χ2n) is 8.14. The largest absolute Gasteiger partial charge is 0.349 e. The first-order valence-corrected chi connectivity index (χ1v) is 10.4. The predicted octanol–water partition coefficient (Wildman–Crippen LogP) is 1.19. The van der Waals surface area contributed by atoms with Crippen molar-refractivity contribution in [2.24, 2.45) is 13.0 Å². The number of amides is 3. The van der Waals surface area contributed by atoms with Gasteiger partial charge in [0.1, 0.15) is 0 Å². The average Bonchev–Trinajstić information content (AvgIpc) is 3.35. The second-order valence-corrected chi connectivity index (χ2v) is 8.14. The van der Waals surface area contributed by atoms with Gasteiger partial charge in [0.2, 0.25) is 11.8 Å². The van der Waals surface area contributed by atoms with Crippen LogP contribution in [-0.2, 0) is 23.2 Å². The molecule has 8 heteroatoms. The predicted molar refractivity (Wildman–Crippen MR) is 110 cm³/mol. The Morgan fingerprint density at radius 3 is 2.57 bits per heavy atom. The van der Waals surface area contributed by atoms with Crippen LogP contribution < -0.4 is 5.32 Å². The summed E-state index contributed by atoms with van der Waals surface area (Å²) in [6.45, 7) is 2.22. The van der Waals surface area contributed by atoms with Crippen LogP contribution in [0.2, 0.25) is 0 Å². The quantitative estimate of drug-likeness (QED) is 0.804. The molecule has 1 atom stereocenters. The number of aryl methyl sites for hydroxylation is 1. The molecule has 30 heavy (non-hydrogen) atoms. The fourth-order valence-corrected chi connectivity index (χ4v) is 4.20. The number of carbonyl (C=O) groups excluding carboxylic acids is 3. The summed E-state index contributed by atoms with van der Waals surface area (Å²) in [6.07, 6.45) is 4.94. The van der Waals surface area contributed by atoms with Gasteiger partial charge in [0, 0.05) is 51.9 Å². The van der Waals surface area contributed by atoms with Crippen LogP contribution in [-0.4, -0.2) is 63.0 Å². The lowest BCUT2D eigenvalue weighted by molar-refractivity contribution is -0.136. The molecule has 3 heterocycles. The Balaban J connectivity index is 1.26. The number of aromatic nitrogens is 2. The summed E-state index contributed by atoms with van der Waals surface area (Å²) in [4.78, 5) is 41.2. The highest BCUT2D eigenvalue weighted by Crippen LogP contribution is 2.24. The average molecular weight is 409 g/mol. The third-order valence-corrected chi connectivity index (χ3v) is 5.89. The minimum atomic E-state index is -0.275. The van der Waals surface area contributed by atoms with E-state index in [0.717, 1.165) is 5.56 Å². The van der Waals surface area contributed by atoms with E-state index < -0.39 is 0 Å². The highest BCUT2D eigenvalue weighted by Gasteiger charge is 2.37. The molecule has 2 aliphatic rings. The van der Waals surface area contributed by atoms with E-state index in [1.807, 2.05) is 35.2 Å². The fraction of sp³-hybridized carbons (Fsp3) is 0.455. The van der Waals surface area contributed by atoms with Crippen molar-refractivity contribution in [3.8, 4) is 0 Å². The zero-order chi connectivity index (χ0) is 21.1. The minimum absolute atomic E-state index is 0.0378. The molecule has 4 rings (SSSR count). The van der Waals surface area contributed by atoms with Crippen LogP contribution in [0.4, 0.5) is 0 Å². The van der Waals surface area contributed by atoms with E-state index in [2.05, 4.69) is 10.4 Å². The van der Waals surface area contributed by atoms with Gasteiger partial charge in [0.15, 0.2) is 0 Å². The maximum atomic E-state index is 12.9. The summed E-state index contributed by atoms with van der Waals surface area (Å²) in [5.41, 5.74) is 1.61. The summed E-state index contributed by atoms with van der Waals surface area (Å²) in [5.74, 6) is -0.319. The van der Waals surface area contributed by atoms with Crippen molar-refractivity contribution < 1.29 is 14.4 Å². The summed E-state index contributed by atoms with van der Waals surface area (Å²) in [5, 5.41) is 7.05. The van der Waals surface area contributed by atoms with Gasteiger partial charge in [-0.25, -0.2) is 0 Å². The summed E-state index contributed by atoms with van der Waals surface area (Å²) in [6, 6.07) is 9.89. The molecule has 0 bridgehead atoms. The summed E-state index contributed by atoms with van der Waals surface area (Å²) < 4.78 is 1.60. The molecule has 0 radical (unpaired) electrons. The van der Waals surface area contributed by atoms with Gasteiger partial charge >= 0.3 is 0 Å². The first-order valence-electron chi connectivity index (χ1n) is 10.4. The Morgan fingerprint density at radius 1 is 1.17 bits per heavy atom. The number of nitrogens with zero attached hydrogens (tertiary/aromatic N) is 4. The topological polar surface area (TPSA) is 87.5 Å². The third kappa shape index (κ3) is 4.53. The molecule has 1 aromatic carbocycles. The summed E-state index contributed by atoms with van der Waals surface area (Å²) in [7, 11) is 1.77. The van der Waals surface area contributed by atoms with Crippen LogP contribution in [0.1, 0.15) is 35.2 Å². The van der Waals surface area contributed by atoms with E-state index in [1.165, 1.54) is 0 Å². The first kappa shape index (κ1) is 20.1. The van der Waals surface area contributed by atoms with Gasteiger partial charge < -0.3 is 15.1 Å². The van der Waals surface area contributed by atoms with E-state index in [1.54, 1.807) is 29.0 Å². The molecule has 1 aromatic heterocycles. The van der Waals surface area contributed by atoms with Crippen LogP contribution in [0.15, 0.2) is 42.7 Å².